The number of rotatable bonds is 15. The fraction of sp³-hybridized carbons (Fsp3) is 0.679. The van der Waals surface area contributed by atoms with Gasteiger partial charge in [-0.25, -0.2) is 4.79 Å². The third kappa shape index (κ3) is 10.4. The lowest BCUT2D eigenvalue weighted by Gasteiger charge is -2.32. The standard InChI is InChI=1S/C28H43BrN3O8P/c1-3-39-41(37,40-4-2)27(35)24(17-21-13-14-30-25(21)33)31-26(34)23(16-19-9-6-5-7-10-19)32-28(36)38-18-20-11-8-12-22(29)15-20/h8,11-12,15,19,21,23-24,27,35H,3-7,9-10,13-14,16-18H2,1-2H3,(H,30,33)(H,31,34)(H,32,36)/t21-,23-,24-,27?/m0/s1. The molecule has 1 heterocycles. The minimum absolute atomic E-state index is 0.0209. The Morgan fingerprint density at radius 2 is 1.80 bits per heavy atom. The van der Waals surface area contributed by atoms with Crippen LogP contribution in [0.1, 0.15) is 70.8 Å². The van der Waals surface area contributed by atoms with Crippen LogP contribution >= 0.6 is 23.5 Å². The lowest BCUT2D eigenvalue weighted by Crippen LogP contribution is -2.54. The number of aliphatic hydroxyl groups is 1. The third-order valence-electron chi connectivity index (χ3n) is 7.49. The van der Waals surface area contributed by atoms with Gasteiger partial charge in [0.05, 0.1) is 19.3 Å². The predicted molar refractivity (Wildman–Crippen MR) is 157 cm³/mol. The van der Waals surface area contributed by atoms with Gasteiger partial charge in [-0.3, -0.25) is 14.2 Å². The minimum atomic E-state index is -4.05. The largest absolute Gasteiger partial charge is 0.445 e. The normalized spacial score (nSPS) is 20.1. The van der Waals surface area contributed by atoms with Crippen LogP contribution < -0.4 is 16.0 Å². The molecule has 1 unspecified atom stereocenters. The topological polar surface area (TPSA) is 152 Å². The van der Waals surface area contributed by atoms with E-state index in [0.29, 0.717) is 19.4 Å². The molecular formula is C28H43BrN3O8P. The Labute approximate surface area is 250 Å². The first kappa shape index (κ1) is 33.5. The first-order chi connectivity index (χ1) is 19.6. The van der Waals surface area contributed by atoms with Gasteiger partial charge in [-0.05, 0) is 56.7 Å². The molecule has 3 rings (SSSR count). The molecule has 3 amide bonds. The summed E-state index contributed by atoms with van der Waals surface area (Å²) in [5.41, 5.74) is 0.781. The molecule has 1 saturated heterocycles. The molecule has 1 aliphatic carbocycles. The number of nitrogens with one attached hydrogen (secondary N) is 3. The smallest absolute Gasteiger partial charge is 0.408 e. The summed E-state index contributed by atoms with van der Waals surface area (Å²) in [6, 6.07) is 5.28. The molecule has 1 aromatic rings. The Morgan fingerprint density at radius 1 is 1.10 bits per heavy atom. The molecule has 1 aliphatic heterocycles. The SMILES string of the molecule is CCOP(=O)(OCC)C(O)[C@H](C[C@@H]1CCNC1=O)NC(=O)[C@H](CC1CCCCC1)NC(=O)OCc1cccc(Br)c1. The zero-order chi connectivity index (χ0) is 29.8. The van der Waals surface area contributed by atoms with Gasteiger partial charge in [0.1, 0.15) is 12.6 Å². The Balaban J connectivity index is 1.77. The van der Waals surface area contributed by atoms with Crippen LogP contribution in [0, 0.1) is 11.8 Å². The van der Waals surface area contributed by atoms with Crippen LogP contribution in [-0.2, 0) is 34.5 Å². The van der Waals surface area contributed by atoms with E-state index in [1.165, 1.54) is 0 Å². The van der Waals surface area contributed by atoms with Crippen molar-refractivity contribution in [2.24, 2.45) is 11.8 Å². The highest BCUT2D eigenvalue weighted by Gasteiger charge is 2.43. The maximum atomic E-state index is 13.7. The van der Waals surface area contributed by atoms with Gasteiger partial charge in [0.25, 0.3) is 0 Å². The van der Waals surface area contributed by atoms with Gasteiger partial charge in [-0.15, -0.1) is 0 Å². The summed E-state index contributed by atoms with van der Waals surface area (Å²) in [5.74, 6) is -2.74. The molecule has 1 saturated carbocycles. The van der Waals surface area contributed by atoms with Crippen molar-refractivity contribution in [1.29, 1.82) is 0 Å². The van der Waals surface area contributed by atoms with Crippen molar-refractivity contribution in [3.8, 4) is 0 Å². The van der Waals surface area contributed by atoms with Crippen LogP contribution in [0.2, 0.25) is 0 Å². The number of carbonyl (C=O) groups excluding carboxylic acids is 3. The van der Waals surface area contributed by atoms with Gasteiger partial charge in [-0.2, -0.15) is 0 Å². The lowest BCUT2D eigenvalue weighted by atomic mass is 9.84. The first-order valence-corrected chi connectivity index (χ1v) is 16.9. The van der Waals surface area contributed by atoms with Crippen LogP contribution in [0.5, 0.6) is 0 Å². The Kier molecular flexibility index (Phi) is 13.6. The van der Waals surface area contributed by atoms with Gasteiger partial charge < -0.3 is 34.8 Å². The van der Waals surface area contributed by atoms with E-state index < -0.39 is 43.4 Å². The number of aliphatic hydroxyl groups excluding tert-OH is 1. The minimum Gasteiger partial charge on any atom is -0.445 e. The molecule has 4 atom stereocenters. The summed E-state index contributed by atoms with van der Waals surface area (Å²) in [6.07, 6.45) is 5.31. The van der Waals surface area contributed by atoms with E-state index in [1.54, 1.807) is 13.8 Å². The number of ether oxygens (including phenoxy) is 1. The second-order valence-corrected chi connectivity index (χ2v) is 13.6. The summed E-state index contributed by atoms with van der Waals surface area (Å²) in [4.78, 5) is 38.9. The van der Waals surface area contributed by atoms with Crippen LogP contribution in [0.3, 0.4) is 0 Å². The van der Waals surface area contributed by atoms with Crippen molar-refractivity contribution in [2.45, 2.75) is 89.7 Å². The van der Waals surface area contributed by atoms with E-state index in [0.717, 1.165) is 42.1 Å². The van der Waals surface area contributed by atoms with E-state index >= 15 is 0 Å². The quantitative estimate of drug-likeness (QED) is 0.199. The van der Waals surface area contributed by atoms with Crippen molar-refractivity contribution in [3.05, 3.63) is 34.3 Å². The highest BCUT2D eigenvalue weighted by Crippen LogP contribution is 2.53. The summed E-state index contributed by atoms with van der Waals surface area (Å²) < 4.78 is 30.4. The van der Waals surface area contributed by atoms with Gasteiger partial charge in [0.15, 0.2) is 5.85 Å². The zero-order valence-corrected chi connectivity index (χ0v) is 26.3. The van der Waals surface area contributed by atoms with Crippen molar-refractivity contribution in [1.82, 2.24) is 16.0 Å². The van der Waals surface area contributed by atoms with Crippen molar-refractivity contribution in [2.75, 3.05) is 19.8 Å². The number of hydrogen-bond acceptors (Lipinski definition) is 8. The molecule has 0 radical (unpaired) electrons. The monoisotopic (exact) mass is 659 g/mol. The van der Waals surface area contributed by atoms with Gasteiger partial charge in [0.2, 0.25) is 11.8 Å². The maximum absolute atomic E-state index is 13.7. The highest BCUT2D eigenvalue weighted by atomic mass is 79.9. The van der Waals surface area contributed by atoms with E-state index in [9.17, 15) is 24.1 Å². The fourth-order valence-electron chi connectivity index (χ4n) is 5.43. The molecule has 2 aliphatic rings. The molecule has 1 aromatic carbocycles. The maximum Gasteiger partial charge on any atom is 0.408 e. The second kappa shape index (κ2) is 16.6. The van der Waals surface area contributed by atoms with Gasteiger partial charge in [-0.1, -0.05) is 60.2 Å². The zero-order valence-electron chi connectivity index (χ0n) is 23.8. The highest BCUT2D eigenvalue weighted by molar-refractivity contribution is 9.10. The second-order valence-electron chi connectivity index (χ2n) is 10.6. The predicted octanol–water partition coefficient (Wildman–Crippen LogP) is 4.61. The molecular weight excluding hydrogens is 617 g/mol. The molecule has 0 aromatic heterocycles. The number of carbonyl (C=O) groups is 3. The Hall–Kier alpha value is -1.98. The molecule has 11 nitrogen and oxygen atoms in total. The summed E-state index contributed by atoms with van der Waals surface area (Å²) in [7, 11) is -4.05. The van der Waals surface area contributed by atoms with Gasteiger partial charge in [0, 0.05) is 16.9 Å². The van der Waals surface area contributed by atoms with Crippen LogP contribution in [0.15, 0.2) is 28.7 Å². The van der Waals surface area contributed by atoms with Crippen LogP contribution in [0.4, 0.5) is 4.79 Å². The molecule has 0 bridgehead atoms. The fourth-order valence-corrected chi connectivity index (χ4v) is 7.62. The van der Waals surface area contributed by atoms with Crippen molar-refractivity contribution >= 4 is 41.4 Å². The first-order valence-electron chi connectivity index (χ1n) is 14.5. The third-order valence-corrected chi connectivity index (χ3v) is 10.2. The van der Waals surface area contributed by atoms with E-state index in [4.69, 9.17) is 13.8 Å². The molecule has 2 fully saturated rings. The van der Waals surface area contributed by atoms with E-state index in [2.05, 4.69) is 31.9 Å². The van der Waals surface area contributed by atoms with E-state index in [-0.39, 0.29) is 38.1 Å². The molecule has 4 N–H and O–H groups in total. The number of amides is 3. The van der Waals surface area contributed by atoms with Crippen molar-refractivity contribution < 1.29 is 37.8 Å². The molecule has 41 heavy (non-hydrogen) atoms. The average molecular weight is 661 g/mol. The molecule has 230 valence electrons. The van der Waals surface area contributed by atoms with Crippen molar-refractivity contribution in [3.63, 3.8) is 0 Å². The Morgan fingerprint density at radius 3 is 2.41 bits per heavy atom. The number of alkyl carbamates (subject to hydrolysis) is 1. The van der Waals surface area contributed by atoms with Crippen LogP contribution in [-0.4, -0.2) is 60.7 Å². The van der Waals surface area contributed by atoms with Gasteiger partial charge >= 0.3 is 13.7 Å². The Bertz CT molecular complexity index is 1060. The number of halogens is 1. The van der Waals surface area contributed by atoms with E-state index in [1.807, 2.05) is 24.3 Å². The summed E-state index contributed by atoms with van der Waals surface area (Å²) in [6.45, 7) is 3.79. The lowest BCUT2D eigenvalue weighted by molar-refractivity contribution is -0.126. The molecule has 0 spiro atoms. The average Bonchev–Trinajstić information content (AvgIpc) is 3.35. The molecule has 13 heteroatoms. The number of hydrogen-bond donors (Lipinski definition) is 4. The summed E-state index contributed by atoms with van der Waals surface area (Å²) in [5, 5.41) is 19.5. The van der Waals surface area contributed by atoms with Crippen LogP contribution in [0.25, 0.3) is 0 Å². The summed E-state index contributed by atoms with van der Waals surface area (Å²) >= 11 is 3.39. The number of benzene rings is 1.